The molecule has 2 amide bonds. The lowest BCUT2D eigenvalue weighted by Gasteiger charge is -2.33. The van der Waals surface area contributed by atoms with Crippen molar-refractivity contribution >= 4 is 27.5 Å². The number of anilines is 1. The number of sulfonamides is 1. The first-order chi connectivity index (χ1) is 19.5. The number of hydrogen-bond donors (Lipinski definition) is 1. The van der Waals surface area contributed by atoms with Crippen LogP contribution in [0.1, 0.15) is 50.8 Å². The van der Waals surface area contributed by atoms with E-state index in [-0.39, 0.29) is 29.1 Å². The first kappa shape index (κ1) is 31.7. The van der Waals surface area contributed by atoms with Crippen molar-refractivity contribution in [2.45, 2.75) is 71.5 Å². The minimum atomic E-state index is -4.18. The summed E-state index contributed by atoms with van der Waals surface area (Å²) in [5, 5.41) is 2.95. The second kappa shape index (κ2) is 14.2. The van der Waals surface area contributed by atoms with Crippen molar-refractivity contribution in [1.29, 1.82) is 0 Å². The Labute approximate surface area is 244 Å². The minimum Gasteiger partial charge on any atom is -0.492 e. The summed E-state index contributed by atoms with van der Waals surface area (Å²) in [6.45, 7) is 11.1. The Kier molecular flexibility index (Phi) is 10.9. The van der Waals surface area contributed by atoms with Crippen molar-refractivity contribution in [2.75, 3.05) is 17.5 Å². The summed E-state index contributed by atoms with van der Waals surface area (Å²) in [5.74, 6) is -0.477. The highest BCUT2D eigenvalue weighted by Gasteiger charge is 2.34. The molecule has 1 N–H and O–H groups in total. The molecule has 220 valence electrons. The molecule has 2 atom stereocenters. The smallest absolute Gasteiger partial charge is 0.264 e. The Balaban J connectivity index is 2.08. The molecule has 3 aromatic carbocycles. The summed E-state index contributed by atoms with van der Waals surface area (Å²) < 4.78 is 35.0. The summed E-state index contributed by atoms with van der Waals surface area (Å²) in [6, 6.07) is 20.0. The van der Waals surface area contributed by atoms with E-state index in [9.17, 15) is 18.0 Å². The summed E-state index contributed by atoms with van der Waals surface area (Å²) >= 11 is 0. The summed E-state index contributed by atoms with van der Waals surface area (Å²) in [4.78, 5) is 28.8. The van der Waals surface area contributed by atoms with Crippen LogP contribution < -0.4 is 14.4 Å². The molecule has 0 fully saturated rings. The lowest BCUT2D eigenvalue weighted by atomic mass is 10.1. The minimum absolute atomic E-state index is 0.0509. The first-order valence-electron chi connectivity index (χ1n) is 13.9. The van der Waals surface area contributed by atoms with Crippen LogP contribution in [0.5, 0.6) is 5.75 Å². The number of carbonyl (C=O) groups is 2. The van der Waals surface area contributed by atoms with Crippen molar-refractivity contribution < 1.29 is 22.7 Å². The van der Waals surface area contributed by atoms with Gasteiger partial charge in [-0.25, -0.2) is 8.42 Å². The molecule has 0 saturated carbocycles. The molecular weight excluding hydrogens is 538 g/mol. The van der Waals surface area contributed by atoms with Gasteiger partial charge in [-0.3, -0.25) is 13.9 Å². The number of carbonyl (C=O) groups excluding carboxylic acids is 2. The van der Waals surface area contributed by atoms with Gasteiger partial charge in [-0.1, -0.05) is 66.6 Å². The fourth-order valence-corrected chi connectivity index (χ4v) is 5.77. The SMILES string of the molecule is CCOc1ccccc1N(CC(=O)N(Cc1cccc(C)c1)[C@H](C)C(=O)N[C@H](C)CC)S(=O)(=O)c1ccc(C)cc1. The van der Waals surface area contributed by atoms with Crippen molar-refractivity contribution in [3.63, 3.8) is 0 Å². The monoisotopic (exact) mass is 579 g/mol. The number of nitrogens with one attached hydrogen (secondary N) is 1. The van der Waals surface area contributed by atoms with Gasteiger partial charge < -0.3 is 15.0 Å². The van der Waals surface area contributed by atoms with Gasteiger partial charge >= 0.3 is 0 Å². The fraction of sp³-hybridized carbons (Fsp3) is 0.375. The molecule has 8 nitrogen and oxygen atoms in total. The Morgan fingerprint density at radius 3 is 2.22 bits per heavy atom. The number of rotatable bonds is 13. The van der Waals surface area contributed by atoms with E-state index in [4.69, 9.17) is 4.74 Å². The number of ether oxygens (including phenoxy) is 1. The molecule has 0 aromatic heterocycles. The van der Waals surface area contributed by atoms with E-state index >= 15 is 0 Å². The van der Waals surface area contributed by atoms with Crippen LogP contribution in [0.25, 0.3) is 0 Å². The van der Waals surface area contributed by atoms with Gasteiger partial charge in [0.05, 0.1) is 17.2 Å². The van der Waals surface area contributed by atoms with E-state index in [0.717, 1.165) is 27.4 Å². The van der Waals surface area contributed by atoms with Crippen LogP contribution in [0.2, 0.25) is 0 Å². The van der Waals surface area contributed by atoms with E-state index < -0.39 is 28.5 Å². The van der Waals surface area contributed by atoms with Gasteiger partial charge in [-0.2, -0.15) is 0 Å². The van der Waals surface area contributed by atoms with Crippen molar-refractivity contribution in [3.05, 3.63) is 89.5 Å². The van der Waals surface area contributed by atoms with Gasteiger partial charge in [-0.15, -0.1) is 0 Å². The van der Waals surface area contributed by atoms with Crippen LogP contribution in [0.15, 0.2) is 77.7 Å². The van der Waals surface area contributed by atoms with Crippen LogP contribution in [0, 0.1) is 13.8 Å². The summed E-state index contributed by atoms with van der Waals surface area (Å²) in [7, 11) is -4.18. The highest BCUT2D eigenvalue weighted by molar-refractivity contribution is 7.92. The van der Waals surface area contributed by atoms with Crippen molar-refractivity contribution in [1.82, 2.24) is 10.2 Å². The van der Waals surface area contributed by atoms with Gasteiger partial charge in [0.15, 0.2) is 0 Å². The zero-order valence-electron chi connectivity index (χ0n) is 24.8. The first-order valence-corrected chi connectivity index (χ1v) is 15.4. The van der Waals surface area contributed by atoms with E-state index in [1.807, 2.05) is 58.9 Å². The number of aryl methyl sites for hydroxylation is 2. The Morgan fingerprint density at radius 2 is 1.59 bits per heavy atom. The average Bonchev–Trinajstić information content (AvgIpc) is 2.95. The molecule has 0 radical (unpaired) electrons. The topological polar surface area (TPSA) is 96.0 Å². The van der Waals surface area contributed by atoms with Crippen LogP contribution in [-0.4, -0.2) is 50.4 Å². The third-order valence-electron chi connectivity index (χ3n) is 6.93. The maximum absolute atomic E-state index is 14.1. The third kappa shape index (κ3) is 8.10. The molecule has 0 aliphatic heterocycles. The summed E-state index contributed by atoms with van der Waals surface area (Å²) in [5.41, 5.74) is 3.01. The molecular formula is C32H41N3O5S. The average molecular weight is 580 g/mol. The number of hydrogen-bond acceptors (Lipinski definition) is 5. The quantitative estimate of drug-likeness (QED) is 0.299. The molecule has 0 spiro atoms. The van der Waals surface area contributed by atoms with Crippen LogP contribution in [-0.2, 0) is 26.2 Å². The second-order valence-corrected chi connectivity index (χ2v) is 12.1. The molecule has 41 heavy (non-hydrogen) atoms. The number of para-hydroxylation sites is 2. The van der Waals surface area contributed by atoms with Gasteiger partial charge in [0.25, 0.3) is 10.0 Å². The lowest BCUT2D eigenvalue weighted by Crippen LogP contribution is -2.52. The van der Waals surface area contributed by atoms with E-state index in [0.29, 0.717) is 12.4 Å². The van der Waals surface area contributed by atoms with E-state index in [2.05, 4.69) is 5.32 Å². The maximum atomic E-state index is 14.1. The third-order valence-corrected chi connectivity index (χ3v) is 8.70. The van der Waals surface area contributed by atoms with E-state index in [1.165, 1.54) is 17.0 Å². The molecule has 0 aliphatic carbocycles. The lowest BCUT2D eigenvalue weighted by molar-refractivity contribution is -0.139. The Hall–Kier alpha value is -3.85. The Morgan fingerprint density at radius 1 is 0.902 bits per heavy atom. The van der Waals surface area contributed by atoms with Crippen LogP contribution >= 0.6 is 0 Å². The number of nitrogens with zero attached hydrogens (tertiary/aromatic N) is 2. The second-order valence-electron chi connectivity index (χ2n) is 10.2. The highest BCUT2D eigenvalue weighted by Crippen LogP contribution is 2.33. The predicted molar refractivity (Wildman–Crippen MR) is 162 cm³/mol. The summed E-state index contributed by atoms with van der Waals surface area (Å²) in [6.07, 6.45) is 0.737. The van der Waals surface area contributed by atoms with E-state index in [1.54, 1.807) is 43.3 Å². The molecule has 0 heterocycles. The van der Waals surface area contributed by atoms with Crippen molar-refractivity contribution in [3.8, 4) is 5.75 Å². The number of benzene rings is 3. The van der Waals surface area contributed by atoms with Crippen LogP contribution in [0.4, 0.5) is 5.69 Å². The molecule has 0 aliphatic rings. The van der Waals surface area contributed by atoms with Gasteiger partial charge in [0.2, 0.25) is 11.8 Å². The highest BCUT2D eigenvalue weighted by atomic mass is 32.2. The van der Waals surface area contributed by atoms with Gasteiger partial charge in [0, 0.05) is 12.6 Å². The van der Waals surface area contributed by atoms with Crippen LogP contribution in [0.3, 0.4) is 0 Å². The number of amides is 2. The molecule has 9 heteroatoms. The zero-order valence-corrected chi connectivity index (χ0v) is 25.6. The fourth-order valence-electron chi connectivity index (χ4n) is 4.35. The Bertz CT molecular complexity index is 1440. The molecule has 0 unspecified atom stereocenters. The predicted octanol–water partition coefficient (Wildman–Crippen LogP) is 5.23. The molecule has 3 aromatic rings. The van der Waals surface area contributed by atoms with Crippen molar-refractivity contribution in [2.24, 2.45) is 0 Å². The molecule has 3 rings (SSSR count). The zero-order chi connectivity index (χ0) is 30.2. The molecule has 0 bridgehead atoms. The standard InChI is InChI=1S/C32H41N3O5S/c1-7-25(5)33-32(37)26(6)34(21-27-13-11-12-24(4)20-27)31(36)22-35(29-14-9-10-15-30(29)40-8-2)41(38,39)28-18-16-23(3)17-19-28/h9-20,25-26H,7-8,21-22H2,1-6H3,(H,33,37)/t25-,26-/m1/s1. The van der Waals surface area contributed by atoms with Gasteiger partial charge in [-0.05, 0) is 70.9 Å². The van der Waals surface area contributed by atoms with Gasteiger partial charge in [0.1, 0.15) is 18.3 Å². The largest absolute Gasteiger partial charge is 0.492 e. The maximum Gasteiger partial charge on any atom is 0.264 e. The normalized spacial score (nSPS) is 12.7. The molecule has 0 saturated heterocycles.